The van der Waals surface area contributed by atoms with Crippen LogP contribution in [0, 0.1) is 12.8 Å². The molecule has 2 aliphatic heterocycles. The molecular formula is C24H41IN4O. The highest BCUT2D eigenvalue weighted by atomic mass is 127. The number of guanidine groups is 1. The lowest BCUT2D eigenvalue weighted by molar-refractivity contribution is -0.0250. The van der Waals surface area contributed by atoms with Gasteiger partial charge in [0.05, 0.1) is 6.10 Å². The van der Waals surface area contributed by atoms with Crippen LogP contribution in [0.5, 0.6) is 0 Å². The maximum absolute atomic E-state index is 6.20. The number of aliphatic imine (C=N–C) groups is 1. The van der Waals surface area contributed by atoms with Crippen molar-refractivity contribution in [3.63, 3.8) is 0 Å². The van der Waals surface area contributed by atoms with E-state index < -0.39 is 0 Å². The maximum Gasteiger partial charge on any atom is 0.193 e. The predicted molar refractivity (Wildman–Crippen MR) is 137 cm³/mol. The highest BCUT2D eigenvalue weighted by molar-refractivity contribution is 14.0. The number of likely N-dealkylation sites (tertiary alicyclic amines) is 1. The molecule has 1 aromatic rings. The van der Waals surface area contributed by atoms with E-state index in [-0.39, 0.29) is 30.1 Å². The zero-order valence-corrected chi connectivity index (χ0v) is 21.6. The summed E-state index contributed by atoms with van der Waals surface area (Å²) in [6.45, 7) is 12.5. The van der Waals surface area contributed by atoms with E-state index in [4.69, 9.17) is 9.73 Å². The SMILES string of the molecule is CCNC(=NCC1CCCOC1c1ccc(C)cc1)N(C)CC1CCCN1CC.I. The van der Waals surface area contributed by atoms with Crippen molar-refractivity contribution in [2.75, 3.05) is 46.4 Å². The summed E-state index contributed by atoms with van der Waals surface area (Å²) in [6.07, 6.45) is 5.08. The van der Waals surface area contributed by atoms with Crippen LogP contribution in [0.3, 0.4) is 0 Å². The second-order valence-corrected chi connectivity index (χ2v) is 8.60. The fourth-order valence-corrected chi connectivity index (χ4v) is 4.75. The minimum absolute atomic E-state index is 0. The average Bonchev–Trinajstić information content (AvgIpc) is 3.19. The number of benzene rings is 1. The van der Waals surface area contributed by atoms with Gasteiger partial charge in [0.2, 0.25) is 0 Å². The molecule has 30 heavy (non-hydrogen) atoms. The van der Waals surface area contributed by atoms with Gasteiger partial charge in [-0.25, -0.2) is 0 Å². The van der Waals surface area contributed by atoms with Gasteiger partial charge in [0.15, 0.2) is 5.96 Å². The lowest BCUT2D eigenvalue weighted by atomic mass is 9.89. The molecule has 0 amide bonds. The van der Waals surface area contributed by atoms with E-state index in [1.807, 2.05) is 0 Å². The number of hydrogen-bond donors (Lipinski definition) is 1. The third-order valence-electron chi connectivity index (χ3n) is 6.41. The Morgan fingerprint density at radius 1 is 1.20 bits per heavy atom. The lowest BCUT2D eigenvalue weighted by Crippen LogP contribution is -2.46. The fraction of sp³-hybridized carbons (Fsp3) is 0.708. The molecule has 0 radical (unpaired) electrons. The molecule has 6 heteroatoms. The van der Waals surface area contributed by atoms with Gasteiger partial charge < -0.3 is 15.0 Å². The first-order chi connectivity index (χ1) is 14.1. The first-order valence-corrected chi connectivity index (χ1v) is 11.5. The van der Waals surface area contributed by atoms with Crippen molar-refractivity contribution in [3.8, 4) is 0 Å². The van der Waals surface area contributed by atoms with Crippen molar-refractivity contribution >= 4 is 29.9 Å². The van der Waals surface area contributed by atoms with E-state index in [9.17, 15) is 0 Å². The van der Waals surface area contributed by atoms with Crippen LogP contribution in [0.25, 0.3) is 0 Å². The summed E-state index contributed by atoms with van der Waals surface area (Å²) in [7, 11) is 2.18. The summed E-state index contributed by atoms with van der Waals surface area (Å²) < 4.78 is 6.20. The van der Waals surface area contributed by atoms with Gasteiger partial charge in [-0.05, 0) is 58.2 Å². The zero-order valence-electron chi connectivity index (χ0n) is 19.3. The molecule has 0 aromatic heterocycles. The minimum Gasteiger partial charge on any atom is -0.373 e. The number of hydrogen-bond acceptors (Lipinski definition) is 3. The summed E-state index contributed by atoms with van der Waals surface area (Å²) in [5, 5.41) is 3.51. The molecule has 5 nitrogen and oxygen atoms in total. The molecule has 2 fully saturated rings. The summed E-state index contributed by atoms with van der Waals surface area (Å²) in [4.78, 5) is 9.98. The molecule has 0 aliphatic carbocycles. The molecule has 0 saturated carbocycles. The molecular weight excluding hydrogens is 487 g/mol. The van der Waals surface area contributed by atoms with E-state index in [2.05, 4.69) is 67.2 Å². The molecule has 1 N–H and O–H groups in total. The number of likely N-dealkylation sites (N-methyl/N-ethyl adjacent to an activating group) is 2. The van der Waals surface area contributed by atoms with E-state index in [0.717, 1.165) is 45.2 Å². The van der Waals surface area contributed by atoms with Crippen molar-refractivity contribution < 1.29 is 4.74 Å². The number of halogens is 1. The Bertz CT molecular complexity index is 651. The molecule has 0 bridgehead atoms. The van der Waals surface area contributed by atoms with Crippen LogP contribution in [0.2, 0.25) is 0 Å². The van der Waals surface area contributed by atoms with Crippen LogP contribution in [-0.2, 0) is 4.74 Å². The van der Waals surface area contributed by atoms with E-state index in [0.29, 0.717) is 12.0 Å². The molecule has 3 rings (SSSR count). The van der Waals surface area contributed by atoms with Crippen molar-refractivity contribution in [3.05, 3.63) is 35.4 Å². The van der Waals surface area contributed by atoms with Gasteiger partial charge in [-0.1, -0.05) is 36.8 Å². The van der Waals surface area contributed by atoms with Crippen LogP contribution < -0.4 is 5.32 Å². The highest BCUT2D eigenvalue weighted by Gasteiger charge is 2.28. The molecule has 2 saturated heterocycles. The molecule has 3 unspecified atom stereocenters. The largest absolute Gasteiger partial charge is 0.373 e. The molecule has 170 valence electrons. The maximum atomic E-state index is 6.20. The number of nitrogens with zero attached hydrogens (tertiary/aromatic N) is 3. The Morgan fingerprint density at radius 2 is 1.97 bits per heavy atom. The quantitative estimate of drug-likeness (QED) is 0.322. The standard InChI is InChI=1S/C24H40N4O.HI/c1-5-25-24(27(4)18-22-10-7-15-28(22)6-2)26-17-21-9-8-16-29-23(21)20-13-11-19(3)12-14-20;/h11-14,21-23H,5-10,15-18H2,1-4H3,(H,25,26);1H. The number of aryl methyl sites for hydroxylation is 1. The van der Waals surface area contributed by atoms with Gasteiger partial charge in [0.1, 0.15) is 0 Å². The van der Waals surface area contributed by atoms with Crippen molar-refractivity contribution in [1.29, 1.82) is 0 Å². The second kappa shape index (κ2) is 12.9. The Labute approximate surface area is 200 Å². The van der Waals surface area contributed by atoms with E-state index in [1.165, 1.54) is 36.9 Å². The van der Waals surface area contributed by atoms with Crippen molar-refractivity contribution in [2.24, 2.45) is 10.9 Å². The van der Waals surface area contributed by atoms with Crippen LogP contribution in [0.15, 0.2) is 29.3 Å². The third-order valence-corrected chi connectivity index (χ3v) is 6.41. The Morgan fingerprint density at radius 3 is 2.67 bits per heavy atom. The van der Waals surface area contributed by atoms with Crippen LogP contribution in [-0.4, -0.2) is 68.2 Å². The van der Waals surface area contributed by atoms with Gasteiger partial charge in [-0.2, -0.15) is 0 Å². The van der Waals surface area contributed by atoms with Crippen molar-refractivity contribution in [2.45, 2.75) is 58.6 Å². The fourth-order valence-electron chi connectivity index (χ4n) is 4.75. The third kappa shape index (κ3) is 6.82. The predicted octanol–water partition coefficient (Wildman–Crippen LogP) is 4.46. The Kier molecular flexibility index (Phi) is 10.9. The topological polar surface area (TPSA) is 40.1 Å². The zero-order chi connectivity index (χ0) is 20.6. The smallest absolute Gasteiger partial charge is 0.193 e. The first kappa shape index (κ1) is 25.4. The summed E-state index contributed by atoms with van der Waals surface area (Å²) in [5.41, 5.74) is 2.58. The number of nitrogens with one attached hydrogen (secondary N) is 1. The van der Waals surface area contributed by atoms with Crippen LogP contribution in [0.4, 0.5) is 0 Å². The Hall–Kier alpha value is -0.860. The second-order valence-electron chi connectivity index (χ2n) is 8.60. The first-order valence-electron chi connectivity index (χ1n) is 11.5. The van der Waals surface area contributed by atoms with E-state index >= 15 is 0 Å². The van der Waals surface area contributed by atoms with Gasteiger partial charge in [0.25, 0.3) is 0 Å². The van der Waals surface area contributed by atoms with Crippen LogP contribution in [0.1, 0.15) is 56.8 Å². The number of ether oxygens (including phenoxy) is 1. The summed E-state index contributed by atoms with van der Waals surface area (Å²) in [6, 6.07) is 9.46. The minimum atomic E-state index is 0. The van der Waals surface area contributed by atoms with Gasteiger partial charge in [0, 0.05) is 45.2 Å². The monoisotopic (exact) mass is 528 g/mol. The molecule has 3 atom stereocenters. The Balaban J connectivity index is 0.00000320. The molecule has 0 spiro atoms. The van der Waals surface area contributed by atoms with Gasteiger partial charge in [-0.15, -0.1) is 24.0 Å². The van der Waals surface area contributed by atoms with Crippen molar-refractivity contribution in [1.82, 2.24) is 15.1 Å². The average molecular weight is 529 g/mol. The van der Waals surface area contributed by atoms with Gasteiger partial charge in [-0.3, -0.25) is 9.89 Å². The van der Waals surface area contributed by atoms with E-state index in [1.54, 1.807) is 0 Å². The summed E-state index contributed by atoms with van der Waals surface area (Å²) in [5.74, 6) is 1.47. The molecule has 1 aromatic carbocycles. The molecule has 2 aliphatic rings. The molecule has 2 heterocycles. The highest BCUT2D eigenvalue weighted by Crippen LogP contribution is 2.34. The normalized spacial score (nSPS) is 25.1. The summed E-state index contributed by atoms with van der Waals surface area (Å²) >= 11 is 0. The lowest BCUT2D eigenvalue weighted by Gasteiger charge is -2.33. The van der Waals surface area contributed by atoms with Crippen LogP contribution >= 0.6 is 24.0 Å². The number of rotatable bonds is 7. The van der Waals surface area contributed by atoms with Gasteiger partial charge >= 0.3 is 0 Å².